The fraction of sp³-hybridized carbons (Fsp3) is 0.440. The van der Waals surface area contributed by atoms with E-state index in [-0.39, 0.29) is 29.2 Å². The Kier molecular flexibility index (Phi) is 6.45. The Hall–Kier alpha value is -3.62. The second-order valence-corrected chi connectivity index (χ2v) is 9.15. The van der Waals surface area contributed by atoms with Crippen LogP contribution in [-0.4, -0.2) is 51.3 Å². The summed E-state index contributed by atoms with van der Waals surface area (Å²) in [6.45, 7) is 3.80. The lowest BCUT2D eigenvalue weighted by Gasteiger charge is -2.38. The van der Waals surface area contributed by atoms with Crippen LogP contribution in [0.2, 0.25) is 0 Å². The molecule has 1 aliphatic carbocycles. The Bertz CT molecular complexity index is 1290. The molecule has 0 unspecified atom stereocenters. The van der Waals surface area contributed by atoms with Gasteiger partial charge in [0.1, 0.15) is 11.4 Å². The summed E-state index contributed by atoms with van der Waals surface area (Å²) in [5.74, 6) is 0.402. The molecule has 9 heteroatoms. The number of aromatic nitrogens is 3. The van der Waals surface area contributed by atoms with Gasteiger partial charge in [0.25, 0.3) is 11.5 Å². The number of nitrogens with one attached hydrogen (secondary N) is 1. The van der Waals surface area contributed by atoms with Gasteiger partial charge in [-0.3, -0.25) is 19.1 Å². The fourth-order valence-corrected chi connectivity index (χ4v) is 4.82. The van der Waals surface area contributed by atoms with Gasteiger partial charge in [0.2, 0.25) is 5.91 Å². The number of carbonyl (C=O) groups is 2. The van der Waals surface area contributed by atoms with Crippen LogP contribution in [0, 0.1) is 5.92 Å². The van der Waals surface area contributed by atoms with Gasteiger partial charge in [0, 0.05) is 50.9 Å². The van der Waals surface area contributed by atoms with E-state index in [4.69, 9.17) is 9.84 Å². The van der Waals surface area contributed by atoms with Crippen molar-refractivity contribution in [3.63, 3.8) is 0 Å². The van der Waals surface area contributed by atoms with Crippen molar-refractivity contribution < 1.29 is 14.3 Å². The highest BCUT2D eigenvalue weighted by atomic mass is 16.5. The maximum Gasteiger partial charge on any atom is 0.274 e. The van der Waals surface area contributed by atoms with E-state index in [2.05, 4.69) is 12.2 Å². The first-order chi connectivity index (χ1) is 16.2. The smallest absolute Gasteiger partial charge is 0.274 e. The van der Waals surface area contributed by atoms with Gasteiger partial charge in [0.15, 0.2) is 0 Å². The highest BCUT2D eigenvalue weighted by molar-refractivity contribution is 6.08. The van der Waals surface area contributed by atoms with Crippen molar-refractivity contribution in [3.8, 4) is 5.75 Å². The summed E-state index contributed by atoms with van der Waals surface area (Å²) in [6, 6.07) is 7.23. The third-order valence-corrected chi connectivity index (χ3v) is 6.94. The standard InChI is InChI=1S/C25H31N5O4/c1-15-11-18(29(4)16(2)31)8-9-22(15)30-14-17-12-19(23(34-5)13-21(17)27-30)24(32)26-20-7-6-10-28(3)25(20)33/h6-7,10,12-15,18,22H,8-9,11H2,1-5H3,(H,26,32)/t15-,18+,22+/m1/s1. The monoisotopic (exact) mass is 465 g/mol. The number of amides is 2. The number of carbonyl (C=O) groups excluding carboxylic acids is 2. The first-order valence-electron chi connectivity index (χ1n) is 11.5. The van der Waals surface area contributed by atoms with Gasteiger partial charge in [-0.15, -0.1) is 0 Å². The van der Waals surface area contributed by atoms with Crippen molar-refractivity contribution in [2.45, 2.75) is 45.2 Å². The maximum atomic E-state index is 13.0. The lowest BCUT2D eigenvalue weighted by Crippen LogP contribution is -2.41. The molecular formula is C25H31N5O4. The molecule has 180 valence electrons. The van der Waals surface area contributed by atoms with Crippen LogP contribution in [0.15, 0.2) is 41.5 Å². The van der Waals surface area contributed by atoms with Crippen molar-refractivity contribution >= 4 is 28.4 Å². The summed E-state index contributed by atoms with van der Waals surface area (Å²) >= 11 is 0. The Balaban J connectivity index is 1.60. The average molecular weight is 466 g/mol. The first-order valence-corrected chi connectivity index (χ1v) is 11.5. The zero-order chi connectivity index (χ0) is 24.6. The molecule has 3 aromatic rings. The average Bonchev–Trinajstić information content (AvgIpc) is 3.23. The van der Waals surface area contributed by atoms with Gasteiger partial charge in [-0.1, -0.05) is 6.92 Å². The van der Waals surface area contributed by atoms with E-state index in [0.717, 1.165) is 30.2 Å². The number of nitrogens with zero attached hydrogens (tertiary/aromatic N) is 4. The molecule has 4 rings (SSSR count). The Morgan fingerprint density at radius 1 is 1.26 bits per heavy atom. The van der Waals surface area contributed by atoms with E-state index in [9.17, 15) is 14.4 Å². The molecule has 2 aromatic heterocycles. The topological polar surface area (TPSA) is 98.5 Å². The third-order valence-electron chi connectivity index (χ3n) is 6.94. The molecule has 0 radical (unpaired) electrons. The molecule has 0 spiro atoms. The Labute approximate surface area is 198 Å². The molecule has 1 N–H and O–H groups in total. The number of rotatable bonds is 5. The van der Waals surface area contributed by atoms with Crippen LogP contribution in [0.5, 0.6) is 5.75 Å². The number of hydrogen-bond donors (Lipinski definition) is 1. The van der Waals surface area contributed by atoms with Crippen LogP contribution >= 0.6 is 0 Å². The van der Waals surface area contributed by atoms with E-state index < -0.39 is 5.91 Å². The van der Waals surface area contributed by atoms with Crippen LogP contribution in [0.1, 0.15) is 49.5 Å². The van der Waals surface area contributed by atoms with Gasteiger partial charge in [-0.25, -0.2) is 0 Å². The van der Waals surface area contributed by atoms with Gasteiger partial charge in [-0.05, 0) is 43.4 Å². The Morgan fingerprint density at radius 2 is 2.03 bits per heavy atom. The number of hydrogen-bond acceptors (Lipinski definition) is 5. The van der Waals surface area contributed by atoms with E-state index in [1.807, 2.05) is 22.8 Å². The predicted molar refractivity (Wildman–Crippen MR) is 130 cm³/mol. The number of fused-ring (bicyclic) bond motifs is 1. The van der Waals surface area contributed by atoms with Gasteiger partial charge in [-0.2, -0.15) is 5.10 Å². The molecule has 3 atom stereocenters. The number of methoxy groups -OCH3 is 1. The first kappa shape index (κ1) is 23.5. The van der Waals surface area contributed by atoms with Crippen LogP contribution < -0.4 is 15.6 Å². The van der Waals surface area contributed by atoms with Crippen LogP contribution in [-0.2, 0) is 11.8 Å². The minimum Gasteiger partial charge on any atom is -0.496 e. The summed E-state index contributed by atoms with van der Waals surface area (Å²) < 4.78 is 8.86. The molecule has 0 bridgehead atoms. The molecule has 2 amide bonds. The van der Waals surface area contributed by atoms with Crippen molar-refractivity contribution in [2.24, 2.45) is 13.0 Å². The summed E-state index contributed by atoms with van der Waals surface area (Å²) in [6.07, 6.45) is 6.35. The SMILES string of the molecule is COc1cc2nn([C@H]3CC[C@H](N(C)C(C)=O)C[C@H]3C)cc2cc1C(=O)Nc1cccn(C)c1=O. The summed E-state index contributed by atoms with van der Waals surface area (Å²) in [5, 5.41) is 8.30. The van der Waals surface area contributed by atoms with Gasteiger partial charge in [0.05, 0.1) is 24.2 Å². The van der Waals surface area contributed by atoms with Crippen LogP contribution in [0.3, 0.4) is 0 Å². The molecule has 34 heavy (non-hydrogen) atoms. The normalized spacial score (nSPS) is 20.2. The minimum atomic E-state index is -0.420. The van der Waals surface area contributed by atoms with Gasteiger partial charge >= 0.3 is 0 Å². The largest absolute Gasteiger partial charge is 0.496 e. The van der Waals surface area contributed by atoms with Crippen molar-refractivity contribution in [2.75, 3.05) is 19.5 Å². The summed E-state index contributed by atoms with van der Waals surface area (Å²) in [5.41, 5.74) is 0.983. The molecule has 1 aliphatic rings. The van der Waals surface area contributed by atoms with E-state index in [0.29, 0.717) is 17.2 Å². The zero-order valence-electron chi connectivity index (χ0n) is 20.2. The minimum absolute atomic E-state index is 0.0896. The zero-order valence-corrected chi connectivity index (χ0v) is 20.2. The molecule has 1 saturated carbocycles. The van der Waals surface area contributed by atoms with E-state index >= 15 is 0 Å². The quantitative estimate of drug-likeness (QED) is 0.624. The Morgan fingerprint density at radius 3 is 2.71 bits per heavy atom. The lowest BCUT2D eigenvalue weighted by molar-refractivity contribution is -0.130. The number of ether oxygens (including phenoxy) is 1. The van der Waals surface area contributed by atoms with Crippen LogP contribution in [0.4, 0.5) is 5.69 Å². The van der Waals surface area contributed by atoms with Gasteiger partial charge < -0.3 is 19.5 Å². The second-order valence-electron chi connectivity index (χ2n) is 9.15. The fourth-order valence-electron chi connectivity index (χ4n) is 4.82. The number of aryl methyl sites for hydroxylation is 1. The molecular weight excluding hydrogens is 434 g/mol. The summed E-state index contributed by atoms with van der Waals surface area (Å²) in [7, 11) is 5.00. The van der Waals surface area contributed by atoms with Crippen molar-refractivity contribution in [1.82, 2.24) is 19.2 Å². The number of benzene rings is 1. The van der Waals surface area contributed by atoms with E-state index in [1.165, 1.54) is 11.7 Å². The highest BCUT2D eigenvalue weighted by Crippen LogP contribution is 2.36. The maximum absolute atomic E-state index is 13.0. The number of pyridine rings is 1. The molecule has 2 heterocycles. The van der Waals surface area contributed by atoms with Crippen molar-refractivity contribution in [1.29, 1.82) is 0 Å². The summed E-state index contributed by atoms with van der Waals surface area (Å²) in [4.78, 5) is 38.9. The predicted octanol–water partition coefficient (Wildman–Crippen LogP) is 3.20. The highest BCUT2D eigenvalue weighted by Gasteiger charge is 2.32. The molecule has 0 aliphatic heterocycles. The van der Waals surface area contributed by atoms with E-state index in [1.54, 1.807) is 44.4 Å². The van der Waals surface area contributed by atoms with Crippen molar-refractivity contribution in [3.05, 3.63) is 52.6 Å². The second kappa shape index (κ2) is 9.32. The molecule has 9 nitrogen and oxygen atoms in total. The molecule has 1 aromatic carbocycles. The third kappa shape index (κ3) is 4.42. The number of anilines is 1. The molecule has 1 fully saturated rings. The lowest BCUT2D eigenvalue weighted by atomic mass is 9.82. The molecule has 0 saturated heterocycles. The van der Waals surface area contributed by atoms with Crippen LogP contribution in [0.25, 0.3) is 10.9 Å².